The van der Waals surface area contributed by atoms with Crippen LogP contribution >= 0.6 is 0 Å². The number of carbonyl (C=O) groups is 1. The molecular formula is C20H23N3O3. The highest BCUT2D eigenvalue weighted by Gasteiger charge is 2.36. The molecule has 2 atom stereocenters. The molecule has 0 radical (unpaired) electrons. The summed E-state index contributed by atoms with van der Waals surface area (Å²) in [5.74, 6) is 0.566. The van der Waals surface area contributed by atoms with Crippen molar-refractivity contribution in [3.05, 3.63) is 36.0 Å². The topological polar surface area (TPSA) is 75.5 Å². The number of nitrogens with zero attached hydrogens (tertiary/aromatic N) is 3. The first kappa shape index (κ1) is 18.0. The highest BCUT2D eigenvalue weighted by molar-refractivity contribution is 5.87. The minimum Gasteiger partial charge on any atom is -0.472 e. The van der Waals surface area contributed by atoms with Crippen molar-refractivity contribution < 1.29 is 14.3 Å². The number of fused-ring (bicyclic) bond motifs is 1. The summed E-state index contributed by atoms with van der Waals surface area (Å²) in [4.78, 5) is 18.3. The van der Waals surface area contributed by atoms with Crippen LogP contribution in [0.25, 0.3) is 10.8 Å². The Hall–Kier alpha value is -2.81. The first-order valence-electron chi connectivity index (χ1n) is 8.71. The zero-order valence-electron chi connectivity index (χ0n) is 15.5. The fourth-order valence-corrected chi connectivity index (χ4v) is 3.02. The van der Waals surface area contributed by atoms with Crippen LogP contribution in [-0.4, -0.2) is 40.8 Å². The van der Waals surface area contributed by atoms with Crippen LogP contribution in [0.3, 0.4) is 0 Å². The van der Waals surface area contributed by atoms with E-state index < -0.39 is 5.60 Å². The number of aromatic nitrogens is 1. The number of benzene rings is 1. The van der Waals surface area contributed by atoms with E-state index in [1.54, 1.807) is 11.0 Å². The minimum absolute atomic E-state index is 0.133. The fourth-order valence-electron chi connectivity index (χ4n) is 3.02. The van der Waals surface area contributed by atoms with E-state index in [-0.39, 0.29) is 18.1 Å². The summed E-state index contributed by atoms with van der Waals surface area (Å²) in [7, 11) is 0. The maximum absolute atomic E-state index is 12.3. The molecule has 2 unspecified atom stereocenters. The highest BCUT2D eigenvalue weighted by Crippen LogP contribution is 2.29. The van der Waals surface area contributed by atoms with E-state index in [0.717, 1.165) is 10.8 Å². The van der Waals surface area contributed by atoms with E-state index in [0.29, 0.717) is 24.7 Å². The zero-order chi connectivity index (χ0) is 18.9. The summed E-state index contributed by atoms with van der Waals surface area (Å²) in [6, 6.07) is 11.5. The summed E-state index contributed by atoms with van der Waals surface area (Å²) in [5, 5.41) is 11.0. The Bertz CT molecular complexity index is 867. The third-order valence-electron chi connectivity index (χ3n) is 4.28. The van der Waals surface area contributed by atoms with Crippen molar-refractivity contribution >= 4 is 16.9 Å². The summed E-state index contributed by atoms with van der Waals surface area (Å²) < 4.78 is 11.6. The van der Waals surface area contributed by atoms with Gasteiger partial charge >= 0.3 is 6.09 Å². The predicted molar refractivity (Wildman–Crippen MR) is 97.8 cm³/mol. The van der Waals surface area contributed by atoms with Gasteiger partial charge < -0.3 is 14.4 Å². The monoisotopic (exact) mass is 353 g/mol. The van der Waals surface area contributed by atoms with Crippen molar-refractivity contribution in [2.45, 2.75) is 39.4 Å². The molecule has 0 spiro atoms. The second kappa shape index (κ2) is 6.83. The van der Waals surface area contributed by atoms with E-state index in [4.69, 9.17) is 9.47 Å². The van der Waals surface area contributed by atoms with Crippen molar-refractivity contribution in [3.63, 3.8) is 0 Å². The molecule has 0 bridgehead atoms. The lowest BCUT2D eigenvalue weighted by Gasteiger charge is -2.24. The maximum atomic E-state index is 12.3. The molecule has 6 heteroatoms. The van der Waals surface area contributed by atoms with Crippen molar-refractivity contribution in [2.24, 2.45) is 5.92 Å². The number of amides is 1. The van der Waals surface area contributed by atoms with Gasteiger partial charge in [0.25, 0.3) is 0 Å². The minimum atomic E-state index is -0.530. The predicted octanol–water partition coefficient (Wildman–Crippen LogP) is 3.74. The van der Waals surface area contributed by atoms with Gasteiger partial charge in [0.2, 0.25) is 5.88 Å². The molecule has 1 aliphatic heterocycles. The van der Waals surface area contributed by atoms with Gasteiger partial charge in [-0.3, -0.25) is 0 Å². The van der Waals surface area contributed by atoms with Crippen molar-refractivity contribution in [1.82, 2.24) is 9.88 Å². The van der Waals surface area contributed by atoms with Crippen LogP contribution in [0.4, 0.5) is 4.79 Å². The molecule has 26 heavy (non-hydrogen) atoms. The molecule has 0 N–H and O–H groups in total. The van der Waals surface area contributed by atoms with E-state index in [1.807, 2.05) is 52.0 Å². The number of rotatable bonds is 2. The van der Waals surface area contributed by atoms with Gasteiger partial charge in [-0.1, -0.05) is 25.1 Å². The lowest BCUT2D eigenvalue weighted by Crippen LogP contribution is -2.36. The van der Waals surface area contributed by atoms with E-state index in [9.17, 15) is 10.1 Å². The molecule has 2 heterocycles. The molecule has 136 valence electrons. The molecule has 1 saturated heterocycles. The Kier molecular flexibility index (Phi) is 4.73. The molecule has 0 saturated carbocycles. The zero-order valence-corrected chi connectivity index (χ0v) is 15.5. The van der Waals surface area contributed by atoms with Gasteiger partial charge in [-0.2, -0.15) is 5.26 Å². The summed E-state index contributed by atoms with van der Waals surface area (Å²) in [6.45, 7) is 8.58. The molecule has 1 aromatic carbocycles. The van der Waals surface area contributed by atoms with Crippen LogP contribution in [0.1, 0.15) is 33.4 Å². The van der Waals surface area contributed by atoms with E-state index in [2.05, 4.69) is 11.1 Å². The highest BCUT2D eigenvalue weighted by atomic mass is 16.6. The Balaban J connectivity index is 1.80. The van der Waals surface area contributed by atoms with Gasteiger partial charge in [-0.15, -0.1) is 0 Å². The molecule has 0 aliphatic carbocycles. The van der Waals surface area contributed by atoms with Gasteiger partial charge in [-0.05, 0) is 38.3 Å². The molecule has 3 rings (SSSR count). The third kappa shape index (κ3) is 3.88. The first-order valence-corrected chi connectivity index (χ1v) is 8.71. The van der Waals surface area contributed by atoms with Crippen molar-refractivity contribution in [2.75, 3.05) is 13.1 Å². The van der Waals surface area contributed by atoms with Crippen LogP contribution in [-0.2, 0) is 4.74 Å². The number of likely N-dealkylation sites (tertiary alicyclic amines) is 1. The van der Waals surface area contributed by atoms with Gasteiger partial charge in [0, 0.05) is 17.8 Å². The standard InChI is InChI=1S/C20H23N3O3/c1-13-11-23(19(24)26-20(2,3)4)12-17(13)25-18-16-8-6-5-7-14(16)9-15(10-21)22-18/h5-9,13,17H,11-12H2,1-4H3. The summed E-state index contributed by atoms with van der Waals surface area (Å²) in [5.41, 5.74) is -0.216. The largest absolute Gasteiger partial charge is 0.472 e. The molecule has 2 aromatic rings. The van der Waals surface area contributed by atoms with Gasteiger partial charge in [-0.25, -0.2) is 9.78 Å². The van der Waals surface area contributed by atoms with Crippen LogP contribution < -0.4 is 4.74 Å². The van der Waals surface area contributed by atoms with E-state index >= 15 is 0 Å². The van der Waals surface area contributed by atoms with Crippen LogP contribution in [0.5, 0.6) is 5.88 Å². The van der Waals surface area contributed by atoms with Crippen LogP contribution in [0, 0.1) is 17.2 Å². The summed E-state index contributed by atoms with van der Waals surface area (Å²) in [6.07, 6.45) is -0.536. The first-order chi connectivity index (χ1) is 12.3. The fraction of sp³-hybridized carbons (Fsp3) is 0.450. The van der Waals surface area contributed by atoms with Crippen LogP contribution in [0.15, 0.2) is 30.3 Å². The molecule has 1 aliphatic rings. The van der Waals surface area contributed by atoms with Gasteiger partial charge in [0.15, 0.2) is 0 Å². The number of ether oxygens (including phenoxy) is 2. The Labute approximate surface area is 153 Å². The Morgan fingerprint density at radius 2 is 2.04 bits per heavy atom. The number of hydrogen-bond acceptors (Lipinski definition) is 5. The van der Waals surface area contributed by atoms with Gasteiger partial charge in [0.05, 0.1) is 6.54 Å². The normalized spacial score (nSPS) is 20.0. The molecule has 1 aromatic heterocycles. The lowest BCUT2D eigenvalue weighted by atomic mass is 10.1. The molecule has 6 nitrogen and oxygen atoms in total. The molecular weight excluding hydrogens is 330 g/mol. The lowest BCUT2D eigenvalue weighted by molar-refractivity contribution is 0.0274. The SMILES string of the molecule is CC1CN(C(=O)OC(C)(C)C)CC1Oc1nc(C#N)cc2ccccc12. The van der Waals surface area contributed by atoms with E-state index in [1.165, 1.54) is 0 Å². The third-order valence-corrected chi connectivity index (χ3v) is 4.28. The number of pyridine rings is 1. The maximum Gasteiger partial charge on any atom is 0.410 e. The van der Waals surface area contributed by atoms with Crippen molar-refractivity contribution in [1.29, 1.82) is 5.26 Å². The quantitative estimate of drug-likeness (QED) is 0.822. The van der Waals surface area contributed by atoms with Crippen molar-refractivity contribution in [3.8, 4) is 11.9 Å². The second-order valence-electron chi connectivity index (χ2n) is 7.66. The Morgan fingerprint density at radius 1 is 1.31 bits per heavy atom. The number of carbonyl (C=O) groups excluding carboxylic acids is 1. The van der Waals surface area contributed by atoms with Gasteiger partial charge in [0.1, 0.15) is 23.5 Å². The Morgan fingerprint density at radius 3 is 2.73 bits per heavy atom. The smallest absolute Gasteiger partial charge is 0.410 e. The second-order valence-corrected chi connectivity index (χ2v) is 7.66. The average Bonchev–Trinajstić information content (AvgIpc) is 2.94. The van der Waals surface area contributed by atoms with Crippen LogP contribution in [0.2, 0.25) is 0 Å². The number of hydrogen-bond donors (Lipinski definition) is 0. The summed E-state index contributed by atoms with van der Waals surface area (Å²) >= 11 is 0. The molecule has 1 amide bonds. The molecule has 1 fully saturated rings. The number of nitriles is 1. The average molecular weight is 353 g/mol.